The topological polar surface area (TPSA) is 70.6 Å². The van der Waals surface area contributed by atoms with E-state index in [4.69, 9.17) is 11.6 Å². The van der Waals surface area contributed by atoms with Crippen molar-refractivity contribution in [2.45, 2.75) is 0 Å². The third-order valence-electron chi connectivity index (χ3n) is 5.33. The number of hydrogen-bond acceptors (Lipinski definition) is 4. The van der Waals surface area contributed by atoms with Crippen LogP contribution >= 0.6 is 11.6 Å². The summed E-state index contributed by atoms with van der Waals surface area (Å²) in [7, 11) is -3.56. The van der Waals surface area contributed by atoms with Crippen LogP contribution in [0, 0.1) is 0 Å². The average molecular weight is 468 g/mol. The van der Waals surface area contributed by atoms with E-state index >= 15 is 0 Å². The van der Waals surface area contributed by atoms with Crippen LogP contribution in [0.5, 0.6) is 0 Å². The normalized spacial score (nSPS) is 15.2. The molecule has 1 aliphatic rings. The first-order chi connectivity index (χ1) is 15.4. The number of halogens is 1. The summed E-state index contributed by atoms with van der Waals surface area (Å²) < 4.78 is 26.7. The van der Waals surface area contributed by atoms with E-state index in [1.807, 2.05) is 24.3 Å². The summed E-state index contributed by atoms with van der Waals surface area (Å²) in [6.45, 7) is 1.21. The molecule has 1 fully saturated rings. The first-order valence-corrected chi connectivity index (χ1v) is 12.0. The number of pyridine rings is 1. The van der Waals surface area contributed by atoms with Crippen LogP contribution in [0.3, 0.4) is 0 Å². The highest BCUT2D eigenvalue weighted by Gasteiger charge is 2.27. The Bertz CT molecular complexity index is 1200. The van der Waals surface area contributed by atoms with Gasteiger partial charge in [0.2, 0.25) is 10.0 Å². The lowest BCUT2D eigenvalue weighted by Crippen LogP contribution is -2.50. The molecule has 8 heteroatoms. The summed E-state index contributed by atoms with van der Waals surface area (Å²) in [5, 5.41) is 1.80. The third-order valence-corrected chi connectivity index (χ3v) is 7.15. The molecule has 0 radical (unpaired) electrons. The predicted octanol–water partition coefficient (Wildman–Crippen LogP) is 4.16. The Morgan fingerprint density at radius 1 is 0.844 bits per heavy atom. The molecule has 6 nitrogen and oxygen atoms in total. The van der Waals surface area contributed by atoms with Gasteiger partial charge in [0.15, 0.2) is 0 Å². The van der Waals surface area contributed by atoms with Gasteiger partial charge in [-0.1, -0.05) is 35.9 Å². The first kappa shape index (κ1) is 22.2. The fraction of sp³-hybridized carbons (Fsp3) is 0.167. The molecule has 1 saturated heterocycles. The lowest BCUT2D eigenvalue weighted by atomic mass is 10.0. The Labute approximate surface area is 192 Å². The van der Waals surface area contributed by atoms with Crippen LogP contribution in [-0.4, -0.2) is 54.7 Å². The molecule has 0 spiro atoms. The Balaban J connectivity index is 1.36. The monoisotopic (exact) mass is 467 g/mol. The van der Waals surface area contributed by atoms with E-state index < -0.39 is 10.0 Å². The molecule has 0 aliphatic carbocycles. The molecule has 2 aromatic carbocycles. The number of nitrogens with zero attached hydrogens (tertiary/aromatic N) is 3. The second-order valence-electron chi connectivity index (χ2n) is 7.40. The maximum Gasteiger partial charge on any atom is 0.253 e. The molecule has 0 N–H and O–H groups in total. The molecular weight excluding hydrogens is 446 g/mol. The van der Waals surface area contributed by atoms with Crippen LogP contribution in [-0.2, 0) is 10.0 Å². The highest BCUT2D eigenvalue weighted by Crippen LogP contribution is 2.20. The van der Waals surface area contributed by atoms with Crippen LogP contribution in [0.15, 0.2) is 78.5 Å². The lowest BCUT2D eigenvalue weighted by Gasteiger charge is -2.33. The van der Waals surface area contributed by atoms with Crippen molar-refractivity contribution < 1.29 is 13.2 Å². The molecule has 0 saturated carbocycles. The summed E-state index contributed by atoms with van der Waals surface area (Å²) in [4.78, 5) is 18.6. The molecule has 1 amide bonds. The van der Waals surface area contributed by atoms with Crippen molar-refractivity contribution in [3.05, 3.63) is 94.6 Å². The van der Waals surface area contributed by atoms with Crippen molar-refractivity contribution in [2.75, 3.05) is 26.2 Å². The second-order valence-corrected chi connectivity index (χ2v) is 9.66. The number of carbonyl (C=O) groups is 1. The maximum absolute atomic E-state index is 12.9. The zero-order valence-corrected chi connectivity index (χ0v) is 18.8. The van der Waals surface area contributed by atoms with Gasteiger partial charge in [-0.25, -0.2) is 8.42 Å². The molecule has 0 bridgehead atoms. The Morgan fingerprint density at radius 2 is 1.44 bits per heavy atom. The average Bonchev–Trinajstić information content (AvgIpc) is 2.84. The quantitative estimate of drug-likeness (QED) is 0.565. The van der Waals surface area contributed by atoms with Gasteiger partial charge in [0, 0.05) is 54.6 Å². The maximum atomic E-state index is 12.9. The Kier molecular flexibility index (Phi) is 6.69. The van der Waals surface area contributed by atoms with Gasteiger partial charge in [0.05, 0.1) is 0 Å². The largest absolute Gasteiger partial charge is 0.336 e. The number of aromatic nitrogens is 1. The van der Waals surface area contributed by atoms with Crippen LogP contribution in [0.4, 0.5) is 0 Å². The van der Waals surface area contributed by atoms with E-state index in [0.29, 0.717) is 23.7 Å². The van der Waals surface area contributed by atoms with Crippen molar-refractivity contribution in [1.29, 1.82) is 0 Å². The van der Waals surface area contributed by atoms with E-state index in [1.165, 1.54) is 9.71 Å². The van der Waals surface area contributed by atoms with Gasteiger partial charge < -0.3 is 4.90 Å². The molecular formula is C24H22ClN3O3S. The summed E-state index contributed by atoms with van der Waals surface area (Å²) in [6, 6.07) is 18.2. The standard InChI is InChI=1S/C24H22ClN3O3S/c25-23-7-1-19(2-8-23)11-18-32(30,31)28-16-14-27(15-17-28)24(29)22-5-3-20(4-6-22)21-9-12-26-13-10-21/h1-13,18H,14-17H2. The number of benzene rings is 2. The summed E-state index contributed by atoms with van der Waals surface area (Å²) in [6.07, 6.45) is 5.01. The number of piperazine rings is 1. The highest BCUT2D eigenvalue weighted by molar-refractivity contribution is 7.92. The minimum atomic E-state index is -3.56. The molecule has 2 heterocycles. The van der Waals surface area contributed by atoms with Crippen molar-refractivity contribution >= 4 is 33.6 Å². The fourth-order valence-corrected chi connectivity index (χ4v) is 4.80. The van der Waals surface area contributed by atoms with E-state index in [9.17, 15) is 13.2 Å². The fourth-order valence-electron chi connectivity index (χ4n) is 3.50. The Hall–Kier alpha value is -3.00. The minimum Gasteiger partial charge on any atom is -0.336 e. The van der Waals surface area contributed by atoms with Crippen LogP contribution in [0.1, 0.15) is 15.9 Å². The number of carbonyl (C=O) groups excluding carboxylic acids is 1. The molecule has 1 aliphatic heterocycles. The van der Waals surface area contributed by atoms with E-state index in [-0.39, 0.29) is 19.0 Å². The SMILES string of the molecule is O=C(c1ccc(-c2ccncc2)cc1)N1CCN(S(=O)(=O)C=Cc2ccc(Cl)cc2)CC1. The number of hydrogen-bond donors (Lipinski definition) is 0. The molecule has 0 unspecified atom stereocenters. The number of sulfonamides is 1. The second kappa shape index (κ2) is 9.65. The smallest absolute Gasteiger partial charge is 0.253 e. The van der Waals surface area contributed by atoms with Gasteiger partial charge in [0.1, 0.15) is 0 Å². The van der Waals surface area contributed by atoms with Crippen molar-refractivity contribution in [3.63, 3.8) is 0 Å². The van der Waals surface area contributed by atoms with Gasteiger partial charge >= 0.3 is 0 Å². The van der Waals surface area contributed by atoms with Gasteiger partial charge in [-0.3, -0.25) is 9.78 Å². The lowest BCUT2D eigenvalue weighted by molar-refractivity contribution is 0.0698. The zero-order chi connectivity index (χ0) is 22.6. The molecule has 32 heavy (non-hydrogen) atoms. The summed E-state index contributed by atoms with van der Waals surface area (Å²) >= 11 is 5.86. The minimum absolute atomic E-state index is 0.0972. The van der Waals surface area contributed by atoms with Crippen molar-refractivity contribution in [3.8, 4) is 11.1 Å². The number of rotatable bonds is 5. The van der Waals surface area contributed by atoms with E-state index in [0.717, 1.165) is 16.7 Å². The summed E-state index contributed by atoms with van der Waals surface area (Å²) in [5.41, 5.74) is 3.38. The van der Waals surface area contributed by atoms with Crippen LogP contribution < -0.4 is 0 Å². The molecule has 3 aromatic rings. The van der Waals surface area contributed by atoms with E-state index in [1.54, 1.807) is 59.8 Å². The van der Waals surface area contributed by atoms with E-state index in [2.05, 4.69) is 4.98 Å². The van der Waals surface area contributed by atoms with Gasteiger partial charge in [-0.15, -0.1) is 0 Å². The zero-order valence-electron chi connectivity index (χ0n) is 17.3. The molecule has 0 atom stereocenters. The number of amides is 1. The third kappa shape index (κ3) is 5.24. The molecule has 1 aromatic heterocycles. The molecule has 4 rings (SSSR count). The predicted molar refractivity (Wildman–Crippen MR) is 127 cm³/mol. The van der Waals surface area contributed by atoms with Crippen LogP contribution in [0.2, 0.25) is 5.02 Å². The Morgan fingerprint density at radius 3 is 2.06 bits per heavy atom. The van der Waals surface area contributed by atoms with Gasteiger partial charge in [-0.05, 0) is 59.2 Å². The van der Waals surface area contributed by atoms with Gasteiger partial charge in [0.25, 0.3) is 5.91 Å². The highest BCUT2D eigenvalue weighted by atomic mass is 35.5. The first-order valence-electron chi connectivity index (χ1n) is 10.2. The summed E-state index contributed by atoms with van der Waals surface area (Å²) in [5.74, 6) is -0.0972. The van der Waals surface area contributed by atoms with Crippen molar-refractivity contribution in [2.24, 2.45) is 0 Å². The van der Waals surface area contributed by atoms with Crippen molar-refractivity contribution in [1.82, 2.24) is 14.2 Å². The van der Waals surface area contributed by atoms with Crippen LogP contribution in [0.25, 0.3) is 17.2 Å². The van der Waals surface area contributed by atoms with Gasteiger partial charge in [-0.2, -0.15) is 4.31 Å². The molecule has 164 valence electrons.